The summed E-state index contributed by atoms with van der Waals surface area (Å²) >= 11 is 2.89. The SMILES string of the molecule is CCN(CC1COc2ccccc2O1)C(=O)CSc1nnc(NCCc2ccccc2)s1. The molecule has 32 heavy (non-hydrogen) atoms. The van der Waals surface area contributed by atoms with Gasteiger partial charge in [-0.3, -0.25) is 4.79 Å². The minimum Gasteiger partial charge on any atom is -0.486 e. The molecule has 0 fully saturated rings. The van der Waals surface area contributed by atoms with E-state index in [0.29, 0.717) is 25.4 Å². The molecule has 1 amide bonds. The zero-order chi connectivity index (χ0) is 22.2. The summed E-state index contributed by atoms with van der Waals surface area (Å²) in [7, 11) is 0. The van der Waals surface area contributed by atoms with E-state index in [1.165, 1.54) is 28.7 Å². The zero-order valence-electron chi connectivity index (χ0n) is 17.9. The molecule has 2 heterocycles. The number of carbonyl (C=O) groups excluding carboxylic acids is 1. The fourth-order valence-corrected chi connectivity index (χ4v) is 5.00. The summed E-state index contributed by atoms with van der Waals surface area (Å²) in [4.78, 5) is 14.6. The third kappa shape index (κ3) is 6.14. The number of benzene rings is 2. The molecule has 7 nitrogen and oxygen atoms in total. The third-order valence-corrected chi connectivity index (χ3v) is 6.98. The second-order valence-corrected chi connectivity index (χ2v) is 9.45. The smallest absolute Gasteiger partial charge is 0.233 e. The minimum absolute atomic E-state index is 0.0498. The molecule has 0 spiro atoms. The Labute approximate surface area is 196 Å². The van der Waals surface area contributed by atoms with Gasteiger partial charge >= 0.3 is 0 Å². The number of nitrogens with one attached hydrogen (secondary N) is 1. The second-order valence-electron chi connectivity index (χ2n) is 7.25. The Morgan fingerprint density at radius 1 is 1.16 bits per heavy atom. The number of fused-ring (bicyclic) bond motifs is 1. The number of thioether (sulfide) groups is 1. The summed E-state index contributed by atoms with van der Waals surface area (Å²) in [5.74, 6) is 1.84. The number of nitrogens with zero attached hydrogens (tertiary/aromatic N) is 3. The first kappa shape index (κ1) is 22.4. The van der Waals surface area contributed by atoms with Crippen molar-refractivity contribution in [1.82, 2.24) is 15.1 Å². The summed E-state index contributed by atoms with van der Waals surface area (Å²) in [5, 5.41) is 12.4. The first-order valence-corrected chi connectivity index (χ1v) is 12.4. The third-order valence-electron chi connectivity index (χ3n) is 4.98. The highest BCUT2D eigenvalue weighted by atomic mass is 32.2. The summed E-state index contributed by atoms with van der Waals surface area (Å²) in [5.41, 5.74) is 1.28. The monoisotopic (exact) mass is 470 g/mol. The van der Waals surface area contributed by atoms with Crippen LogP contribution < -0.4 is 14.8 Å². The van der Waals surface area contributed by atoms with Crippen LogP contribution in [0.5, 0.6) is 11.5 Å². The van der Waals surface area contributed by atoms with Gasteiger partial charge in [-0.2, -0.15) is 0 Å². The molecule has 3 aromatic rings. The Hall–Kier alpha value is -2.78. The number of amides is 1. The van der Waals surface area contributed by atoms with E-state index in [4.69, 9.17) is 9.47 Å². The predicted molar refractivity (Wildman–Crippen MR) is 128 cm³/mol. The molecule has 0 radical (unpaired) electrons. The maximum atomic E-state index is 12.8. The van der Waals surface area contributed by atoms with Gasteiger partial charge in [-0.25, -0.2) is 0 Å². The lowest BCUT2D eigenvalue weighted by Gasteiger charge is -2.30. The van der Waals surface area contributed by atoms with Crippen molar-refractivity contribution < 1.29 is 14.3 Å². The number of likely N-dealkylation sites (N-methyl/N-ethyl adjacent to an activating group) is 1. The number of anilines is 1. The van der Waals surface area contributed by atoms with Crippen molar-refractivity contribution >= 4 is 34.1 Å². The van der Waals surface area contributed by atoms with Crippen LogP contribution in [0.1, 0.15) is 12.5 Å². The van der Waals surface area contributed by atoms with E-state index in [0.717, 1.165) is 33.9 Å². The number of ether oxygens (including phenoxy) is 2. The van der Waals surface area contributed by atoms with Crippen LogP contribution in [0.25, 0.3) is 0 Å². The van der Waals surface area contributed by atoms with Gasteiger partial charge in [0.1, 0.15) is 6.61 Å². The highest BCUT2D eigenvalue weighted by Crippen LogP contribution is 2.31. The van der Waals surface area contributed by atoms with Crippen molar-refractivity contribution in [1.29, 1.82) is 0 Å². The average Bonchev–Trinajstić information content (AvgIpc) is 3.29. The maximum absolute atomic E-state index is 12.8. The van der Waals surface area contributed by atoms with Gasteiger partial charge in [0.05, 0.1) is 12.3 Å². The Balaban J connectivity index is 1.21. The summed E-state index contributed by atoms with van der Waals surface area (Å²) < 4.78 is 12.5. The van der Waals surface area contributed by atoms with Crippen LogP contribution in [0, 0.1) is 0 Å². The molecule has 1 unspecified atom stereocenters. The molecular weight excluding hydrogens is 444 g/mol. The molecule has 1 aliphatic heterocycles. The highest BCUT2D eigenvalue weighted by Gasteiger charge is 2.25. The molecule has 4 rings (SSSR count). The Morgan fingerprint density at radius 2 is 1.94 bits per heavy atom. The lowest BCUT2D eigenvalue weighted by atomic mass is 10.2. The molecule has 1 N–H and O–H groups in total. The molecule has 1 aromatic heterocycles. The molecule has 1 aliphatic rings. The molecule has 9 heteroatoms. The zero-order valence-corrected chi connectivity index (χ0v) is 19.5. The van der Waals surface area contributed by atoms with E-state index >= 15 is 0 Å². The Morgan fingerprint density at radius 3 is 2.75 bits per heavy atom. The fraction of sp³-hybridized carbons (Fsp3) is 0.348. The normalized spacial score (nSPS) is 14.7. The van der Waals surface area contributed by atoms with Crippen molar-refractivity contribution in [2.45, 2.75) is 23.8 Å². The van der Waals surface area contributed by atoms with Crippen molar-refractivity contribution in [2.24, 2.45) is 0 Å². The van der Waals surface area contributed by atoms with Gasteiger partial charge < -0.3 is 19.7 Å². The van der Waals surface area contributed by atoms with Gasteiger partial charge in [0.2, 0.25) is 11.0 Å². The molecule has 0 saturated carbocycles. The molecule has 0 aliphatic carbocycles. The highest BCUT2D eigenvalue weighted by molar-refractivity contribution is 8.01. The lowest BCUT2D eigenvalue weighted by molar-refractivity contribution is -0.129. The van der Waals surface area contributed by atoms with Gasteiger partial charge in [0.15, 0.2) is 21.9 Å². The van der Waals surface area contributed by atoms with E-state index in [9.17, 15) is 4.79 Å². The molecule has 0 bridgehead atoms. The van der Waals surface area contributed by atoms with E-state index in [1.807, 2.05) is 49.4 Å². The molecule has 0 saturated heterocycles. The number of para-hydroxylation sites is 2. The number of aromatic nitrogens is 2. The standard InChI is InChI=1S/C23H26N4O3S2/c1-2-27(14-18-15-29-19-10-6-7-11-20(19)30-18)21(28)16-31-23-26-25-22(32-23)24-13-12-17-8-4-3-5-9-17/h3-11,18H,2,12-16H2,1H3,(H,24,25). The second kappa shape index (κ2) is 11.2. The van der Waals surface area contributed by atoms with E-state index in [-0.39, 0.29) is 12.0 Å². The predicted octanol–water partition coefficient (Wildman–Crippen LogP) is 3.97. The number of hydrogen-bond donors (Lipinski definition) is 1. The van der Waals surface area contributed by atoms with Crippen LogP contribution >= 0.6 is 23.1 Å². The van der Waals surface area contributed by atoms with Crippen molar-refractivity contribution in [2.75, 3.05) is 37.3 Å². The average molecular weight is 471 g/mol. The van der Waals surface area contributed by atoms with Crippen LogP contribution in [0.2, 0.25) is 0 Å². The summed E-state index contributed by atoms with van der Waals surface area (Å²) in [6, 6.07) is 17.9. The van der Waals surface area contributed by atoms with Gasteiger partial charge in [-0.05, 0) is 31.0 Å². The van der Waals surface area contributed by atoms with Crippen LogP contribution in [0.4, 0.5) is 5.13 Å². The largest absolute Gasteiger partial charge is 0.486 e. The fourth-order valence-electron chi connectivity index (χ4n) is 3.32. The quantitative estimate of drug-likeness (QED) is 0.449. The number of carbonyl (C=O) groups is 1. The van der Waals surface area contributed by atoms with Crippen molar-refractivity contribution in [3.8, 4) is 11.5 Å². The van der Waals surface area contributed by atoms with E-state index in [2.05, 4.69) is 27.6 Å². The number of hydrogen-bond acceptors (Lipinski definition) is 8. The Bertz CT molecular complexity index is 1020. The van der Waals surface area contributed by atoms with Gasteiger partial charge in [0.25, 0.3) is 0 Å². The van der Waals surface area contributed by atoms with E-state index in [1.54, 1.807) is 4.90 Å². The first-order chi connectivity index (χ1) is 15.7. The molecule has 1 atom stereocenters. The van der Waals surface area contributed by atoms with Crippen LogP contribution in [-0.2, 0) is 11.2 Å². The van der Waals surface area contributed by atoms with Crippen molar-refractivity contribution in [3.63, 3.8) is 0 Å². The molecule has 2 aromatic carbocycles. The van der Waals surface area contributed by atoms with Crippen LogP contribution in [-0.4, -0.2) is 59.1 Å². The van der Waals surface area contributed by atoms with Gasteiger partial charge in [-0.1, -0.05) is 65.6 Å². The molecule has 168 valence electrons. The van der Waals surface area contributed by atoms with Crippen molar-refractivity contribution in [3.05, 3.63) is 60.2 Å². The van der Waals surface area contributed by atoms with Crippen LogP contribution in [0.15, 0.2) is 58.9 Å². The lowest BCUT2D eigenvalue weighted by Crippen LogP contribution is -2.44. The van der Waals surface area contributed by atoms with E-state index < -0.39 is 0 Å². The van der Waals surface area contributed by atoms with Crippen LogP contribution in [0.3, 0.4) is 0 Å². The summed E-state index contributed by atoms with van der Waals surface area (Å²) in [6.07, 6.45) is 0.741. The number of rotatable bonds is 10. The van der Waals surface area contributed by atoms with Gasteiger partial charge in [-0.15, -0.1) is 10.2 Å². The maximum Gasteiger partial charge on any atom is 0.233 e. The first-order valence-electron chi connectivity index (χ1n) is 10.6. The topological polar surface area (TPSA) is 76.6 Å². The Kier molecular flexibility index (Phi) is 7.84. The molecular formula is C23H26N4O3S2. The summed E-state index contributed by atoms with van der Waals surface area (Å²) in [6.45, 7) is 4.30. The minimum atomic E-state index is -0.180. The van der Waals surface area contributed by atoms with Gasteiger partial charge in [0, 0.05) is 13.1 Å².